The van der Waals surface area contributed by atoms with Gasteiger partial charge in [0.1, 0.15) is 4.87 Å². The van der Waals surface area contributed by atoms with Gasteiger partial charge in [-0.2, -0.15) is 0 Å². The van der Waals surface area contributed by atoms with Crippen molar-refractivity contribution in [2.75, 3.05) is 0 Å². The monoisotopic (exact) mass is 215 g/mol. The summed E-state index contributed by atoms with van der Waals surface area (Å²) in [6.45, 7) is 5.70. The largest absolute Gasteiger partial charge is 0.294 e. The van der Waals surface area contributed by atoms with Crippen LogP contribution < -0.4 is 5.32 Å². The Hall–Kier alpha value is -0.570. The van der Waals surface area contributed by atoms with E-state index in [0.717, 1.165) is 0 Å². The second-order valence-electron chi connectivity index (χ2n) is 5.04. The van der Waals surface area contributed by atoms with Gasteiger partial charge >= 0.3 is 0 Å². The highest BCUT2D eigenvalue weighted by Gasteiger charge is 2.69. The van der Waals surface area contributed by atoms with Gasteiger partial charge in [-0.1, -0.05) is 20.8 Å². The minimum Gasteiger partial charge on any atom is -0.294 e. The van der Waals surface area contributed by atoms with Crippen LogP contribution in [0, 0.1) is 10.8 Å². The van der Waals surface area contributed by atoms with Gasteiger partial charge in [-0.05, 0) is 12.8 Å². The molecule has 1 aliphatic heterocycles. The number of carbonyl (C=O) groups excluding carboxylic acids is 2. The fourth-order valence-electron chi connectivity index (χ4n) is 2.62. The van der Waals surface area contributed by atoms with Gasteiger partial charge in [-0.15, -0.1) is 11.6 Å². The molecule has 78 valence electrons. The normalized spacial score (nSPS) is 45.1. The lowest BCUT2D eigenvalue weighted by Crippen LogP contribution is -2.64. The minimum absolute atomic E-state index is 0.179. The van der Waals surface area contributed by atoms with Gasteiger partial charge in [0.15, 0.2) is 0 Å². The molecular formula is C10H14ClNO2. The molecule has 1 saturated carbocycles. The number of carbonyl (C=O) groups is 2. The minimum atomic E-state index is -0.907. The first kappa shape index (κ1) is 9.97. The maximum Gasteiger partial charge on any atom is 0.248 e. The fraction of sp³-hybridized carbons (Fsp3) is 0.800. The quantitative estimate of drug-likeness (QED) is 0.491. The van der Waals surface area contributed by atoms with Gasteiger partial charge in [-0.3, -0.25) is 14.9 Å². The Morgan fingerprint density at radius 3 is 2.29 bits per heavy atom. The summed E-state index contributed by atoms with van der Waals surface area (Å²) in [6, 6.07) is 0. The summed E-state index contributed by atoms with van der Waals surface area (Å²) in [7, 11) is 0. The van der Waals surface area contributed by atoms with Crippen LogP contribution in [-0.2, 0) is 9.59 Å². The molecule has 2 fully saturated rings. The van der Waals surface area contributed by atoms with E-state index in [-0.39, 0.29) is 11.8 Å². The van der Waals surface area contributed by atoms with Gasteiger partial charge in [0.05, 0.1) is 5.41 Å². The van der Waals surface area contributed by atoms with Crippen LogP contribution in [0.5, 0.6) is 0 Å². The van der Waals surface area contributed by atoms with Crippen molar-refractivity contribution in [3.05, 3.63) is 0 Å². The highest BCUT2D eigenvalue weighted by Crippen LogP contribution is 2.62. The lowest BCUT2D eigenvalue weighted by Gasteiger charge is -2.47. The number of hydrogen-bond acceptors (Lipinski definition) is 2. The molecule has 1 aliphatic carbocycles. The molecule has 0 aromatic rings. The highest BCUT2D eigenvalue weighted by molar-refractivity contribution is 6.38. The van der Waals surface area contributed by atoms with Crippen molar-refractivity contribution in [2.24, 2.45) is 10.8 Å². The third kappa shape index (κ3) is 0.761. The zero-order chi connectivity index (χ0) is 10.8. The molecule has 2 aliphatic rings. The number of alkyl halides is 1. The van der Waals surface area contributed by atoms with Crippen molar-refractivity contribution in [1.29, 1.82) is 0 Å². The van der Waals surface area contributed by atoms with E-state index in [0.29, 0.717) is 12.8 Å². The SMILES string of the molecule is CC12CCC(Cl)(C(=O)NC1=O)C2(C)C. The molecule has 3 nitrogen and oxygen atoms in total. The van der Waals surface area contributed by atoms with E-state index in [2.05, 4.69) is 5.32 Å². The van der Waals surface area contributed by atoms with Gasteiger partial charge < -0.3 is 0 Å². The summed E-state index contributed by atoms with van der Waals surface area (Å²) in [5.41, 5.74) is -0.983. The van der Waals surface area contributed by atoms with Crippen LogP contribution in [0.15, 0.2) is 0 Å². The van der Waals surface area contributed by atoms with Crippen molar-refractivity contribution in [1.82, 2.24) is 5.32 Å². The number of piperidine rings is 1. The molecule has 0 radical (unpaired) electrons. The van der Waals surface area contributed by atoms with Crippen molar-refractivity contribution in [2.45, 2.75) is 38.5 Å². The molecule has 4 heteroatoms. The molecule has 2 bridgehead atoms. The van der Waals surface area contributed by atoms with E-state index in [1.165, 1.54) is 0 Å². The average molecular weight is 216 g/mol. The molecule has 1 heterocycles. The number of rotatable bonds is 0. The predicted octanol–water partition coefficient (Wildman–Crippen LogP) is 1.45. The Kier molecular flexibility index (Phi) is 1.65. The maximum absolute atomic E-state index is 11.8. The van der Waals surface area contributed by atoms with E-state index < -0.39 is 15.7 Å². The molecule has 0 aromatic heterocycles. The molecule has 2 atom stereocenters. The van der Waals surface area contributed by atoms with Crippen LogP contribution in [0.2, 0.25) is 0 Å². The number of amides is 2. The first-order chi connectivity index (χ1) is 6.26. The second kappa shape index (κ2) is 2.32. The molecule has 2 unspecified atom stereocenters. The number of halogens is 1. The summed E-state index contributed by atoms with van der Waals surface area (Å²) >= 11 is 6.33. The molecule has 0 aromatic carbocycles. The van der Waals surface area contributed by atoms with Gasteiger partial charge in [0.25, 0.3) is 0 Å². The molecular weight excluding hydrogens is 202 g/mol. The molecule has 2 rings (SSSR count). The van der Waals surface area contributed by atoms with E-state index >= 15 is 0 Å². The Labute approximate surface area is 88.2 Å². The number of hydrogen-bond donors (Lipinski definition) is 1. The van der Waals surface area contributed by atoms with E-state index in [1.807, 2.05) is 20.8 Å². The first-order valence-electron chi connectivity index (χ1n) is 4.80. The number of fused-ring (bicyclic) bond motifs is 2. The lowest BCUT2D eigenvalue weighted by molar-refractivity contribution is -0.149. The van der Waals surface area contributed by atoms with Gasteiger partial charge in [-0.25, -0.2) is 0 Å². The standard InChI is InChI=1S/C10H14ClNO2/c1-8(2)9(3)4-5-10(8,11)7(14)12-6(9)13/h4-5H2,1-3H3,(H,12,13,14). The lowest BCUT2D eigenvalue weighted by atomic mass is 9.62. The molecule has 1 N–H and O–H groups in total. The van der Waals surface area contributed by atoms with Crippen LogP contribution in [0.25, 0.3) is 0 Å². The van der Waals surface area contributed by atoms with E-state index in [4.69, 9.17) is 11.6 Å². The Morgan fingerprint density at radius 1 is 1.14 bits per heavy atom. The Balaban J connectivity index is 2.61. The predicted molar refractivity (Wildman–Crippen MR) is 52.9 cm³/mol. The molecule has 2 amide bonds. The van der Waals surface area contributed by atoms with Crippen molar-refractivity contribution in [3.63, 3.8) is 0 Å². The zero-order valence-corrected chi connectivity index (χ0v) is 9.36. The van der Waals surface area contributed by atoms with Crippen LogP contribution in [0.4, 0.5) is 0 Å². The smallest absolute Gasteiger partial charge is 0.248 e. The van der Waals surface area contributed by atoms with Crippen LogP contribution in [-0.4, -0.2) is 16.7 Å². The third-order valence-corrected chi connectivity index (χ3v) is 5.26. The number of imide groups is 1. The van der Waals surface area contributed by atoms with Crippen molar-refractivity contribution < 1.29 is 9.59 Å². The summed E-state index contributed by atoms with van der Waals surface area (Å²) in [6.07, 6.45) is 1.26. The first-order valence-corrected chi connectivity index (χ1v) is 5.18. The van der Waals surface area contributed by atoms with E-state index in [9.17, 15) is 9.59 Å². The summed E-state index contributed by atoms with van der Waals surface area (Å²) in [5, 5.41) is 2.37. The molecule has 14 heavy (non-hydrogen) atoms. The van der Waals surface area contributed by atoms with Crippen LogP contribution in [0.3, 0.4) is 0 Å². The Bertz CT molecular complexity index is 309. The second-order valence-corrected chi connectivity index (χ2v) is 5.69. The van der Waals surface area contributed by atoms with Crippen LogP contribution >= 0.6 is 11.6 Å². The van der Waals surface area contributed by atoms with Crippen molar-refractivity contribution >= 4 is 23.4 Å². The molecule has 0 spiro atoms. The zero-order valence-electron chi connectivity index (χ0n) is 8.61. The van der Waals surface area contributed by atoms with Gasteiger partial charge in [0, 0.05) is 5.41 Å². The third-order valence-electron chi connectivity index (χ3n) is 4.43. The Morgan fingerprint density at radius 2 is 1.71 bits per heavy atom. The molecule has 1 saturated heterocycles. The maximum atomic E-state index is 11.8. The van der Waals surface area contributed by atoms with Gasteiger partial charge in [0.2, 0.25) is 11.8 Å². The summed E-state index contributed by atoms with van der Waals surface area (Å²) in [4.78, 5) is 22.5. The fourth-order valence-corrected chi connectivity index (χ4v) is 2.97. The topological polar surface area (TPSA) is 46.2 Å². The van der Waals surface area contributed by atoms with Crippen LogP contribution in [0.1, 0.15) is 33.6 Å². The van der Waals surface area contributed by atoms with Crippen molar-refractivity contribution in [3.8, 4) is 0 Å². The summed E-state index contributed by atoms with van der Waals surface area (Å²) < 4.78 is 0. The van der Waals surface area contributed by atoms with E-state index in [1.54, 1.807) is 0 Å². The average Bonchev–Trinajstić information content (AvgIpc) is 2.21. The summed E-state index contributed by atoms with van der Waals surface area (Å²) in [5.74, 6) is -0.509. The highest BCUT2D eigenvalue weighted by atomic mass is 35.5. The number of nitrogens with one attached hydrogen (secondary N) is 1.